The fraction of sp³-hybridized carbons (Fsp3) is 1.00. The highest BCUT2D eigenvalue weighted by Gasteiger charge is 2.37. The fourth-order valence-corrected chi connectivity index (χ4v) is 5.02. The first-order valence-electron chi connectivity index (χ1n) is 7.44. The molecule has 0 bridgehead atoms. The van der Waals surface area contributed by atoms with E-state index in [9.17, 15) is 13.5 Å². The van der Waals surface area contributed by atoms with Crippen molar-refractivity contribution in [2.24, 2.45) is 11.8 Å². The Kier molecular flexibility index (Phi) is 5.22. The molecule has 0 radical (unpaired) electrons. The number of aliphatic hydroxyl groups excluding tert-OH is 1. The summed E-state index contributed by atoms with van der Waals surface area (Å²) in [5.41, 5.74) is 0. The van der Waals surface area contributed by atoms with Crippen LogP contribution < -0.4 is 0 Å². The van der Waals surface area contributed by atoms with Crippen molar-refractivity contribution in [1.29, 1.82) is 0 Å². The van der Waals surface area contributed by atoms with Gasteiger partial charge in [0.25, 0.3) is 10.2 Å². The predicted molar refractivity (Wildman–Crippen MR) is 74.9 cm³/mol. The van der Waals surface area contributed by atoms with Gasteiger partial charge in [-0.15, -0.1) is 0 Å². The average molecular weight is 290 g/mol. The van der Waals surface area contributed by atoms with E-state index in [2.05, 4.69) is 6.92 Å². The summed E-state index contributed by atoms with van der Waals surface area (Å²) in [5, 5.41) is 9.22. The molecule has 19 heavy (non-hydrogen) atoms. The van der Waals surface area contributed by atoms with E-state index in [1.807, 2.05) is 0 Å². The van der Waals surface area contributed by atoms with E-state index in [0.29, 0.717) is 32.1 Å². The van der Waals surface area contributed by atoms with Gasteiger partial charge in [0.1, 0.15) is 0 Å². The Hall–Kier alpha value is -0.170. The van der Waals surface area contributed by atoms with E-state index in [-0.39, 0.29) is 12.5 Å². The Morgan fingerprint density at radius 1 is 1.11 bits per heavy atom. The lowest BCUT2D eigenvalue weighted by Gasteiger charge is -2.33. The van der Waals surface area contributed by atoms with Gasteiger partial charge in [0, 0.05) is 32.8 Å². The van der Waals surface area contributed by atoms with Crippen LogP contribution in [-0.4, -0.2) is 54.9 Å². The smallest absolute Gasteiger partial charge is 0.281 e. The van der Waals surface area contributed by atoms with Gasteiger partial charge in [0.05, 0.1) is 0 Å². The molecule has 0 amide bonds. The van der Waals surface area contributed by atoms with E-state index >= 15 is 0 Å². The zero-order chi connectivity index (χ0) is 13.9. The topological polar surface area (TPSA) is 60.9 Å². The molecule has 2 saturated heterocycles. The highest BCUT2D eigenvalue weighted by molar-refractivity contribution is 7.86. The van der Waals surface area contributed by atoms with Crippen LogP contribution in [0.4, 0.5) is 0 Å². The molecule has 2 aliphatic rings. The van der Waals surface area contributed by atoms with E-state index < -0.39 is 10.2 Å². The monoisotopic (exact) mass is 290 g/mol. The molecule has 2 unspecified atom stereocenters. The number of aliphatic hydroxyl groups is 1. The first-order chi connectivity index (χ1) is 9.07. The molecule has 2 fully saturated rings. The van der Waals surface area contributed by atoms with Crippen LogP contribution in [0.3, 0.4) is 0 Å². The third-order valence-corrected chi connectivity index (χ3v) is 6.31. The lowest BCUT2D eigenvalue weighted by molar-refractivity contribution is 0.161. The van der Waals surface area contributed by atoms with Gasteiger partial charge in [-0.3, -0.25) is 0 Å². The zero-order valence-corrected chi connectivity index (χ0v) is 12.6. The molecule has 2 aliphatic heterocycles. The first-order valence-corrected chi connectivity index (χ1v) is 8.83. The molecule has 6 heteroatoms. The number of nitrogens with zero attached hydrogens (tertiary/aromatic N) is 2. The van der Waals surface area contributed by atoms with Crippen molar-refractivity contribution >= 4 is 10.2 Å². The maximum absolute atomic E-state index is 12.6. The molecule has 0 saturated carbocycles. The Balaban J connectivity index is 1.98. The molecule has 0 aromatic rings. The minimum absolute atomic E-state index is 0.0878. The maximum atomic E-state index is 12.6. The zero-order valence-electron chi connectivity index (χ0n) is 11.8. The van der Waals surface area contributed by atoms with Crippen LogP contribution in [0.5, 0.6) is 0 Å². The van der Waals surface area contributed by atoms with Gasteiger partial charge in [-0.25, -0.2) is 0 Å². The quantitative estimate of drug-likeness (QED) is 0.823. The van der Waals surface area contributed by atoms with Crippen LogP contribution in [0.1, 0.15) is 39.0 Å². The van der Waals surface area contributed by atoms with Crippen LogP contribution in [0.2, 0.25) is 0 Å². The van der Waals surface area contributed by atoms with Gasteiger partial charge < -0.3 is 5.11 Å². The number of rotatable bonds is 5. The summed E-state index contributed by atoms with van der Waals surface area (Å²) in [4.78, 5) is 0. The van der Waals surface area contributed by atoms with E-state index in [1.165, 1.54) is 0 Å². The second kappa shape index (κ2) is 6.52. The van der Waals surface area contributed by atoms with Crippen molar-refractivity contribution in [1.82, 2.24) is 8.61 Å². The molecule has 1 N–H and O–H groups in total. The molecule has 0 aromatic heterocycles. The van der Waals surface area contributed by atoms with Crippen LogP contribution in [0.15, 0.2) is 0 Å². The molecule has 0 aliphatic carbocycles. The molecule has 0 aromatic carbocycles. The lowest BCUT2D eigenvalue weighted by atomic mass is 10.0. The Labute approximate surface area is 116 Å². The summed E-state index contributed by atoms with van der Waals surface area (Å²) in [6, 6.07) is 0. The predicted octanol–water partition coefficient (Wildman–Crippen LogP) is 1.06. The van der Waals surface area contributed by atoms with Crippen LogP contribution in [0.25, 0.3) is 0 Å². The highest BCUT2D eigenvalue weighted by atomic mass is 32.2. The lowest BCUT2D eigenvalue weighted by Crippen LogP contribution is -2.47. The minimum atomic E-state index is -3.30. The second-order valence-electron chi connectivity index (χ2n) is 5.86. The van der Waals surface area contributed by atoms with Crippen molar-refractivity contribution in [3.8, 4) is 0 Å². The van der Waals surface area contributed by atoms with Gasteiger partial charge in [-0.05, 0) is 37.5 Å². The van der Waals surface area contributed by atoms with Crippen molar-refractivity contribution in [2.45, 2.75) is 39.0 Å². The summed E-state index contributed by atoms with van der Waals surface area (Å²) < 4.78 is 28.4. The van der Waals surface area contributed by atoms with E-state index in [0.717, 1.165) is 32.1 Å². The highest BCUT2D eigenvalue weighted by Crippen LogP contribution is 2.27. The van der Waals surface area contributed by atoms with Crippen LogP contribution >= 0.6 is 0 Å². The van der Waals surface area contributed by atoms with Crippen LogP contribution in [0, 0.1) is 11.8 Å². The third kappa shape index (κ3) is 3.48. The first kappa shape index (κ1) is 15.2. The Bertz CT molecular complexity index is 385. The summed E-state index contributed by atoms with van der Waals surface area (Å²) in [5.74, 6) is 0.635. The molecule has 5 nitrogen and oxygen atoms in total. The molecule has 112 valence electrons. The second-order valence-corrected chi connectivity index (χ2v) is 7.79. The van der Waals surface area contributed by atoms with Gasteiger partial charge in [-0.1, -0.05) is 13.3 Å². The van der Waals surface area contributed by atoms with Crippen molar-refractivity contribution in [3.05, 3.63) is 0 Å². The fourth-order valence-electron chi connectivity index (χ4n) is 3.20. The normalized spacial score (nSPS) is 30.8. The molecule has 2 rings (SSSR count). The van der Waals surface area contributed by atoms with Crippen molar-refractivity contribution in [2.75, 3.05) is 32.8 Å². The molecule has 2 heterocycles. The maximum Gasteiger partial charge on any atom is 0.281 e. The molecule has 0 spiro atoms. The largest absolute Gasteiger partial charge is 0.396 e. The van der Waals surface area contributed by atoms with Crippen molar-refractivity contribution < 1.29 is 13.5 Å². The van der Waals surface area contributed by atoms with Gasteiger partial charge in [0.15, 0.2) is 0 Å². The van der Waals surface area contributed by atoms with Gasteiger partial charge in [0.2, 0.25) is 0 Å². The summed E-state index contributed by atoms with van der Waals surface area (Å²) in [6.07, 6.45) is 5.02. The standard InChI is InChI=1S/C13H26N2O3S/c1-2-4-12-6-8-15(9-12)19(17,18)14-7-3-5-13(10-14)11-16/h12-13,16H,2-11H2,1H3. The van der Waals surface area contributed by atoms with Crippen molar-refractivity contribution in [3.63, 3.8) is 0 Å². The summed E-state index contributed by atoms with van der Waals surface area (Å²) in [6.45, 7) is 4.66. The molecule has 2 atom stereocenters. The number of hydrogen-bond donors (Lipinski definition) is 1. The van der Waals surface area contributed by atoms with Gasteiger partial charge in [-0.2, -0.15) is 17.0 Å². The molecular weight excluding hydrogens is 264 g/mol. The SMILES string of the molecule is CCCC1CCN(S(=O)(=O)N2CCCC(CO)C2)C1. The minimum Gasteiger partial charge on any atom is -0.396 e. The third-order valence-electron chi connectivity index (χ3n) is 4.34. The molecular formula is C13H26N2O3S. The van der Waals surface area contributed by atoms with E-state index in [1.54, 1.807) is 8.61 Å². The summed E-state index contributed by atoms with van der Waals surface area (Å²) >= 11 is 0. The van der Waals surface area contributed by atoms with E-state index in [4.69, 9.17) is 0 Å². The van der Waals surface area contributed by atoms with Gasteiger partial charge >= 0.3 is 0 Å². The number of piperidine rings is 1. The Morgan fingerprint density at radius 3 is 2.47 bits per heavy atom. The Morgan fingerprint density at radius 2 is 1.79 bits per heavy atom. The van der Waals surface area contributed by atoms with Crippen LogP contribution in [-0.2, 0) is 10.2 Å². The number of hydrogen-bond acceptors (Lipinski definition) is 3. The average Bonchev–Trinajstić information content (AvgIpc) is 2.88. The summed E-state index contributed by atoms with van der Waals surface area (Å²) in [7, 11) is -3.30.